The molecule has 23 atom stereocenters. The summed E-state index contributed by atoms with van der Waals surface area (Å²) in [4.78, 5) is 42.2. The number of halogens is 1. The molecule has 4 aromatic carbocycles. The molecule has 0 spiro atoms. The number of benzene rings is 4. The molecule has 0 saturated carbocycles. The number of likely N-dealkylation sites (tertiary alicyclic amines) is 1. The standard InChI is InChI=1S/C27H27ClN4O3.C22H20N4O2.CH41P37.CH4/c1-27(2,3)35-26(33)31-13-18(14-31)16-34-21-11-9-19(10-12-21)22-15-32(20-7-5-4-6-8-20)25-23(22)24(28)29-17-30-25;27-22-20-19(16-6-8-18(9-7-16)28-13-15-10-23-11-15)12-26(21(20)24-14-25-22)17-4-2-1-3-5-17;2-22-36(21)25(31(11)12)1(23(27(3)4)28(5)6,24(29(7)8)30(9)10)26(37(32(13)14)33(15)16)38(34(17)18)35(19)20;/h4-12,15,17-18H,13-14,16H2,1-3H3;1-9,12,14-15,23H,10-11,13H2,(H,24,25,27);22H,2-21H2;1H4. The fraction of sp³-hybridized carbons (Fsp3) is 0.275. The maximum absolute atomic E-state index is 12.6. The van der Waals surface area contributed by atoms with Gasteiger partial charge in [0.25, 0.3) is 5.56 Å². The first-order valence-corrected chi connectivity index (χ1v) is 94.4. The van der Waals surface area contributed by atoms with Crippen LogP contribution in [0.1, 0.15) is 28.2 Å². The summed E-state index contributed by atoms with van der Waals surface area (Å²) in [7, 11) is 68.2. The molecule has 6 heterocycles. The van der Waals surface area contributed by atoms with Crippen LogP contribution < -0.4 is 20.3 Å². The second-order valence-electron chi connectivity index (χ2n) is 22.9. The van der Waals surface area contributed by atoms with Crippen molar-refractivity contribution < 1.29 is 19.0 Å². The number of hydrogen-bond acceptors (Lipinski definition) is 9. The maximum atomic E-state index is 12.6. The first-order chi connectivity index (χ1) is 47.8. The fourth-order valence-electron chi connectivity index (χ4n) is 10.4. The number of nitrogens with one attached hydrogen (secondary N) is 2. The number of amides is 1. The van der Waals surface area contributed by atoms with Gasteiger partial charge < -0.3 is 38.5 Å². The summed E-state index contributed by atoms with van der Waals surface area (Å²) in [6.45, 7) is 8.07. The normalized spacial score (nSPS) is 14.8. The predicted octanol–water partition coefficient (Wildman–Crippen LogP) is 30.3. The van der Waals surface area contributed by atoms with Gasteiger partial charge in [-0.3, -0.25) is 4.79 Å². The Bertz CT molecular complexity index is 3920. The lowest BCUT2D eigenvalue weighted by atomic mass is 10.0. The lowest BCUT2D eigenvalue weighted by Gasteiger charge is -2.64. The van der Waals surface area contributed by atoms with Gasteiger partial charge in [0.05, 0.1) is 34.7 Å². The van der Waals surface area contributed by atoms with E-state index in [2.05, 4.69) is 204 Å². The van der Waals surface area contributed by atoms with Crippen LogP contribution in [0.15, 0.2) is 139 Å². The van der Waals surface area contributed by atoms with Crippen LogP contribution in [-0.2, 0) is 4.74 Å². The smallest absolute Gasteiger partial charge is 0.410 e. The van der Waals surface area contributed by atoms with Gasteiger partial charge >= 0.3 is 6.09 Å². The Labute approximate surface area is 675 Å². The molecule has 1 amide bonds. The summed E-state index contributed by atoms with van der Waals surface area (Å²) in [5.74, 6) is 2.50. The van der Waals surface area contributed by atoms with Crippen molar-refractivity contribution in [3.05, 3.63) is 150 Å². The van der Waals surface area contributed by atoms with E-state index in [1.165, 1.54) is 12.7 Å². The number of carbonyl (C=O) groups excluding carboxylic acids is 1. The molecular weight excluding hydrogens is 1990 g/mol. The molecular formula is C51H92ClN8O5P37. The van der Waals surface area contributed by atoms with Gasteiger partial charge in [0, 0.05) is 72.9 Å². The van der Waals surface area contributed by atoms with Crippen LogP contribution in [0.25, 0.3) is 55.7 Å². The van der Waals surface area contributed by atoms with Gasteiger partial charge in [-0.15, -0.1) is 179 Å². The number of aromatic nitrogens is 6. The molecule has 23 unspecified atom stereocenters. The third-order valence-corrected chi connectivity index (χ3v) is 204. The average molecular weight is 2080 g/mol. The minimum Gasteiger partial charge on any atom is -0.493 e. The number of nitrogens with zero attached hydrogens (tertiary/aromatic N) is 6. The van der Waals surface area contributed by atoms with Crippen LogP contribution in [0, 0.1) is 11.8 Å². The molecule has 13 nitrogen and oxygen atoms in total. The molecule has 10 rings (SSSR count). The van der Waals surface area contributed by atoms with Crippen LogP contribution in [0.5, 0.6) is 11.5 Å². The Kier molecular flexibility index (Phi) is 45.6. The highest BCUT2D eigenvalue weighted by Gasteiger charge is 2.66. The fourth-order valence-corrected chi connectivity index (χ4v) is 371. The number of carbonyl (C=O) groups is 1. The molecule has 51 heteroatoms. The third-order valence-electron chi connectivity index (χ3n) is 14.6. The van der Waals surface area contributed by atoms with Crippen molar-refractivity contribution in [2.75, 3.05) is 39.4 Å². The van der Waals surface area contributed by atoms with E-state index in [1.807, 2.05) is 151 Å². The summed E-state index contributed by atoms with van der Waals surface area (Å²) >= 11 is 6.49. The maximum Gasteiger partial charge on any atom is 0.410 e. The number of H-pyrrole nitrogens is 1. The Morgan fingerprint density at radius 2 is 0.961 bits per heavy atom. The number of rotatable bonds is 27. The lowest BCUT2D eigenvalue weighted by Crippen LogP contribution is -2.53. The van der Waals surface area contributed by atoms with Crippen molar-refractivity contribution in [3.63, 3.8) is 0 Å². The molecule has 2 aliphatic heterocycles. The first-order valence-electron chi connectivity index (χ1n) is 29.7. The van der Waals surface area contributed by atoms with Gasteiger partial charge in [0.1, 0.15) is 34.2 Å². The quantitative estimate of drug-likeness (QED) is 0.0380. The number of aromatic amines is 1. The first kappa shape index (κ1) is 98.1. The monoisotopic (exact) mass is 2080 g/mol. The molecule has 558 valence electrons. The molecule has 2 fully saturated rings. The Hall–Kier alpha value is 8.95. The van der Waals surface area contributed by atoms with Gasteiger partial charge in [-0.25, -0.2) is 19.7 Å². The molecule has 0 aliphatic carbocycles. The number of ether oxygens (including phenoxy) is 3. The second kappa shape index (κ2) is 47.4. The number of para-hydroxylation sites is 2. The molecule has 4 aromatic heterocycles. The van der Waals surface area contributed by atoms with Crippen molar-refractivity contribution in [1.29, 1.82) is 0 Å². The van der Waals surface area contributed by atoms with E-state index in [-0.39, 0.29) is 132 Å². The SMILES string of the molecule is C.CC(C)(C)OC(=O)N1CC(COc2ccc(-c3cn(-c4ccccc4)c4ncnc(Cl)c34)cc2)C1.O=c1[nH]cnc2c1c(-c1ccc(OCC3CNC3)cc1)cn2-c1ccccc1.PPP(P)P(P(P)P)C(P(P(P)P)P(P)P)(P(P(P)P)P(P)P)P(P(P(P)P)P(P)P)P(P(P)P)P(P)P. The zero-order valence-corrected chi connectivity index (χ0v) is 94.1. The highest BCUT2D eigenvalue weighted by atomic mass is 35.5. The van der Waals surface area contributed by atoms with Crippen LogP contribution in [0.4, 0.5) is 4.79 Å². The molecule has 102 heavy (non-hydrogen) atoms. The molecule has 2 saturated heterocycles. The van der Waals surface area contributed by atoms with E-state index in [0.717, 1.165) is 83.8 Å². The molecule has 0 bridgehead atoms. The predicted molar refractivity (Wildman–Crippen MR) is 568 cm³/mol. The van der Waals surface area contributed by atoms with E-state index >= 15 is 0 Å². The average Bonchev–Trinajstić information content (AvgIpc) is 1.08. The summed E-state index contributed by atoms with van der Waals surface area (Å²) in [6, 6.07) is 35.7. The van der Waals surface area contributed by atoms with E-state index in [4.69, 9.17) is 25.8 Å². The van der Waals surface area contributed by atoms with Crippen molar-refractivity contribution in [2.24, 2.45) is 11.8 Å². The second-order valence-corrected chi connectivity index (χ2v) is 159. The van der Waals surface area contributed by atoms with Gasteiger partial charge in [-0.05, 0) is 193 Å². The highest BCUT2D eigenvalue weighted by molar-refractivity contribution is 9.27. The van der Waals surface area contributed by atoms with E-state index in [1.54, 1.807) is 4.90 Å². The van der Waals surface area contributed by atoms with Crippen molar-refractivity contribution in [3.8, 4) is 45.1 Å². The van der Waals surface area contributed by atoms with Crippen molar-refractivity contribution >= 4 is 339 Å². The topological polar surface area (TPSA) is 141 Å². The van der Waals surface area contributed by atoms with Gasteiger partial charge in [0.2, 0.25) is 0 Å². The van der Waals surface area contributed by atoms with Crippen LogP contribution in [-0.4, -0.2) is 89.4 Å². The third kappa shape index (κ3) is 26.2. The van der Waals surface area contributed by atoms with E-state index in [9.17, 15) is 9.59 Å². The Balaban J connectivity index is 0.000000215. The minimum atomic E-state index is -0.482. The highest BCUT2D eigenvalue weighted by Crippen LogP contribution is 3.35. The number of hydrogen-bond donors (Lipinski definition) is 2. The van der Waals surface area contributed by atoms with Gasteiger partial charge in [0.15, 0.2) is 5.65 Å². The Morgan fingerprint density at radius 1 is 0.549 bits per heavy atom. The number of fused-ring (bicyclic) bond motifs is 2. The molecule has 0 radical (unpaired) electrons. The Morgan fingerprint density at radius 3 is 1.34 bits per heavy atom. The minimum absolute atomic E-state index is 0. The van der Waals surface area contributed by atoms with Gasteiger partial charge in [-0.2, -0.15) is 0 Å². The molecule has 8 aromatic rings. The largest absolute Gasteiger partial charge is 0.493 e. The zero-order chi connectivity index (χ0) is 73.9. The molecule has 2 aliphatic rings. The lowest BCUT2D eigenvalue weighted by molar-refractivity contribution is -0.00782. The molecule has 2 N–H and O–H groups in total. The van der Waals surface area contributed by atoms with Crippen molar-refractivity contribution in [1.82, 2.24) is 39.3 Å². The summed E-state index contributed by atoms with van der Waals surface area (Å²) in [5.41, 5.74) is 6.48. The van der Waals surface area contributed by atoms with E-state index < -0.39 is 5.60 Å². The summed E-state index contributed by atoms with van der Waals surface area (Å²) in [5, 5.41) is 5.05. The van der Waals surface area contributed by atoms with Crippen molar-refractivity contribution in [2.45, 2.75) is 38.2 Å². The van der Waals surface area contributed by atoms with E-state index in [0.29, 0.717) is 52.1 Å². The van der Waals surface area contributed by atoms with Crippen LogP contribution in [0.3, 0.4) is 0 Å². The van der Waals surface area contributed by atoms with Crippen LogP contribution >= 0.6 is 311 Å². The zero-order valence-electron chi connectivity index (χ0n) is 54.9. The summed E-state index contributed by atoms with van der Waals surface area (Å²) < 4.78 is 21.7. The van der Waals surface area contributed by atoms with Crippen LogP contribution in [0.2, 0.25) is 5.15 Å². The summed E-state index contributed by atoms with van der Waals surface area (Å²) in [6.07, 6.45) is 6.67. The van der Waals surface area contributed by atoms with Gasteiger partial charge in [-0.1, -0.05) is 87.6 Å².